The molecular weight excluding hydrogens is 279 g/mol. The molecule has 1 saturated heterocycles. The van der Waals surface area contributed by atoms with Crippen molar-refractivity contribution in [2.75, 3.05) is 6.61 Å². The summed E-state index contributed by atoms with van der Waals surface area (Å²) in [6, 6.07) is 8.91. The first-order valence-electron chi connectivity index (χ1n) is 6.37. The predicted molar refractivity (Wildman–Crippen MR) is 68.9 cm³/mol. The van der Waals surface area contributed by atoms with Crippen molar-refractivity contribution < 1.29 is 27.9 Å². The van der Waals surface area contributed by atoms with Crippen molar-refractivity contribution in [3.05, 3.63) is 48.0 Å². The monoisotopic (exact) mass is 290 g/mol. The van der Waals surface area contributed by atoms with Gasteiger partial charge in [-0.25, -0.2) is 14.0 Å². The minimum Gasteiger partial charge on any atom is -0.463 e. The number of esters is 2. The number of hydrogen-bond donors (Lipinski definition) is 0. The SMILES string of the molecule is O=C(O[C@@H]1CCOC1=O)c1ccc(-c2ccccc2F)o1. The number of hydrogen-bond acceptors (Lipinski definition) is 5. The van der Waals surface area contributed by atoms with Crippen LogP contribution in [0.2, 0.25) is 0 Å². The van der Waals surface area contributed by atoms with E-state index in [1.165, 1.54) is 24.3 Å². The van der Waals surface area contributed by atoms with Crippen LogP contribution in [0, 0.1) is 5.82 Å². The summed E-state index contributed by atoms with van der Waals surface area (Å²) in [4.78, 5) is 23.1. The minimum absolute atomic E-state index is 0.0899. The van der Waals surface area contributed by atoms with Gasteiger partial charge >= 0.3 is 11.9 Å². The highest BCUT2D eigenvalue weighted by Crippen LogP contribution is 2.25. The van der Waals surface area contributed by atoms with Gasteiger partial charge in [0.25, 0.3) is 0 Å². The van der Waals surface area contributed by atoms with Crippen molar-refractivity contribution in [2.24, 2.45) is 0 Å². The lowest BCUT2D eigenvalue weighted by atomic mass is 10.1. The molecule has 0 radical (unpaired) electrons. The van der Waals surface area contributed by atoms with E-state index < -0.39 is 23.9 Å². The zero-order valence-electron chi connectivity index (χ0n) is 10.9. The molecule has 1 aliphatic heterocycles. The Labute approximate surface area is 119 Å². The third-order valence-corrected chi connectivity index (χ3v) is 3.08. The van der Waals surface area contributed by atoms with Crippen molar-refractivity contribution in [3.8, 4) is 11.3 Å². The first-order chi connectivity index (χ1) is 10.1. The second kappa shape index (κ2) is 5.40. The molecule has 0 N–H and O–H groups in total. The van der Waals surface area contributed by atoms with Crippen LogP contribution in [-0.2, 0) is 14.3 Å². The normalized spacial score (nSPS) is 17.6. The second-order valence-corrected chi connectivity index (χ2v) is 4.49. The van der Waals surface area contributed by atoms with Crippen molar-refractivity contribution in [1.82, 2.24) is 0 Å². The predicted octanol–water partition coefficient (Wildman–Crippen LogP) is 2.56. The molecule has 6 heteroatoms. The Morgan fingerprint density at radius 2 is 2.05 bits per heavy atom. The Bertz CT molecular complexity index is 691. The lowest BCUT2D eigenvalue weighted by molar-refractivity contribution is -0.145. The Hall–Kier alpha value is -2.63. The van der Waals surface area contributed by atoms with Crippen LogP contribution in [0.25, 0.3) is 11.3 Å². The highest BCUT2D eigenvalue weighted by molar-refractivity contribution is 5.89. The molecule has 0 bridgehead atoms. The molecule has 1 atom stereocenters. The molecule has 1 fully saturated rings. The average molecular weight is 290 g/mol. The van der Waals surface area contributed by atoms with E-state index in [4.69, 9.17) is 13.9 Å². The van der Waals surface area contributed by atoms with E-state index >= 15 is 0 Å². The maximum atomic E-state index is 13.6. The largest absolute Gasteiger partial charge is 0.463 e. The van der Waals surface area contributed by atoms with Crippen LogP contribution in [0.3, 0.4) is 0 Å². The lowest BCUT2D eigenvalue weighted by Gasteiger charge is -2.06. The molecule has 1 aromatic heterocycles. The molecule has 3 rings (SSSR count). The van der Waals surface area contributed by atoms with Gasteiger partial charge < -0.3 is 13.9 Å². The van der Waals surface area contributed by atoms with E-state index in [0.717, 1.165) is 0 Å². The molecule has 2 heterocycles. The molecule has 0 amide bonds. The molecular formula is C15H11FO5. The molecule has 0 aliphatic carbocycles. The van der Waals surface area contributed by atoms with E-state index in [1.54, 1.807) is 12.1 Å². The van der Waals surface area contributed by atoms with E-state index in [-0.39, 0.29) is 23.7 Å². The van der Waals surface area contributed by atoms with Gasteiger partial charge in [-0.15, -0.1) is 0 Å². The van der Waals surface area contributed by atoms with Gasteiger partial charge in [-0.2, -0.15) is 0 Å². The highest BCUT2D eigenvalue weighted by atomic mass is 19.1. The summed E-state index contributed by atoms with van der Waals surface area (Å²) in [5.74, 6) is -1.67. The minimum atomic E-state index is -0.903. The quantitative estimate of drug-likeness (QED) is 0.813. The van der Waals surface area contributed by atoms with Crippen molar-refractivity contribution in [1.29, 1.82) is 0 Å². The van der Waals surface area contributed by atoms with Crippen LogP contribution in [0.5, 0.6) is 0 Å². The molecule has 108 valence electrons. The third kappa shape index (κ3) is 2.65. The van der Waals surface area contributed by atoms with Crippen molar-refractivity contribution in [2.45, 2.75) is 12.5 Å². The van der Waals surface area contributed by atoms with Gasteiger partial charge in [-0.05, 0) is 24.3 Å². The van der Waals surface area contributed by atoms with E-state index in [0.29, 0.717) is 6.42 Å². The number of furan rings is 1. The van der Waals surface area contributed by atoms with Crippen LogP contribution >= 0.6 is 0 Å². The van der Waals surface area contributed by atoms with Gasteiger partial charge in [0.15, 0.2) is 0 Å². The molecule has 5 nitrogen and oxygen atoms in total. The Kier molecular flexibility index (Phi) is 3.43. The number of cyclic esters (lactones) is 1. The van der Waals surface area contributed by atoms with E-state index in [9.17, 15) is 14.0 Å². The van der Waals surface area contributed by atoms with Gasteiger partial charge in [0, 0.05) is 6.42 Å². The third-order valence-electron chi connectivity index (χ3n) is 3.08. The number of rotatable bonds is 3. The summed E-state index contributed by atoms with van der Waals surface area (Å²) in [7, 11) is 0. The first-order valence-corrected chi connectivity index (χ1v) is 6.37. The Morgan fingerprint density at radius 1 is 1.24 bits per heavy atom. The lowest BCUT2D eigenvalue weighted by Crippen LogP contribution is -2.22. The van der Waals surface area contributed by atoms with E-state index in [1.807, 2.05) is 0 Å². The maximum Gasteiger partial charge on any atom is 0.375 e. The number of carbonyl (C=O) groups excluding carboxylic acids is 2. The van der Waals surface area contributed by atoms with Gasteiger partial charge in [-0.1, -0.05) is 12.1 Å². The Balaban J connectivity index is 1.77. The van der Waals surface area contributed by atoms with Gasteiger partial charge in [-0.3, -0.25) is 0 Å². The fourth-order valence-corrected chi connectivity index (χ4v) is 2.03. The molecule has 2 aromatic rings. The smallest absolute Gasteiger partial charge is 0.375 e. The second-order valence-electron chi connectivity index (χ2n) is 4.49. The maximum absolute atomic E-state index is 13.6. The van der Waals surface area contributed by atoms with Crippen LogP contribution < -0.4 is 0 Å². The molecule has 0 spiro atoms. The number of halogens is 1. The summed E-state index contributed by atoms with van der Waals surface area (Å²) in [5, 5.41) is 0. The summed E-state index contributed by atoms with van der Waals surface area (Å²) < 4.78 is 28.6. The summed E-state index contributed by atoms with van der Waals surface area (Å²) in [6.45, 7) is 0.232. The van der Waals surface area contributed by atoms with Crippen molar-refractivity contribution >= 4 is 11.9 Å². The Morgan fingerprint density at radius 3 is 2.76 bits per heavy atom. The highest BCUT2D eigenvalue weighted by Gasteiger charge is 2.31. The van der Waals surface area contributed by atoms with Crippen LogP contribution in [0.4, 0.5) is 4.39 Å². The number of carbonyl (C=O) groups is 2. The number of benzene rings is 1. The zero-order valence-corrected chi connectivity index (χ0v) is 10.9. The van der Waals surface area contributed by atoms with Gasteiger partial charge in [0.05, 0.1) is 12.2 Å². The summed E-state index contributed by atoms with van der Waals surface area (Å²) >= 11 is 0. The molecule has 0 unspecified atom stereocenters. The molecule has 1 aromatic carbocycles. The standard InChI is InChI=1S/C15H11FO5/c16-10-4-2-1-3-9(10)11-5-6-12(20-11)15(18)21-13-7-8-19-14(13)17/h1-6,13H,7-8H2/t13-/m1/s1. The summed E-state index contributed by atoms with van der Waals surface area (Å²) in [5.41, 5.74) is 0.247. The topological polar surface area (TPSA) is 65.7 Å². The fraction of sp³-hybridized carbons (Fsp3) is 0.200. The summed E-state index contributed by atoms with van der Waals surface area (Å²) in [6.07, 6.45) is -0.578. The molecule has 0 saturated carbocycles. The van der Waals surface area contributed by atoms with E-state index in [2.05, 4.69) is 0 Å². The zero-order chi connectivity index (χ0) is 14.8. The molecule has 21 heavy (non-hydrogen) atoms. The van der Waals surface area contributed by atoms with Crippen LogP contribution in [0.1, 0.15) is 17.0 Å². The van der Waals surface area contributed by atoms with Crippen molar-refractivity contribution in [3.63, 3.8) is 0 Å². The molecule has 1 aliphatic rings. The average Bonchev–Trinajstić information content (AvgIpc) is 3.09. The first kappa shape index (κ1) is 13.4. The number of ether oxygens (including phenoxy) is 2. The van der Waals surface area contributed by atoms with Crippen LogP contribution in [-0.4, -0.2) is 24.6 Å². The van der Waals surface area contributed by atoms with Gasteiger partial charge in [0.1, 0.15) is 11.6 Å². The van der Waals surface area contributed by atoms with Gasteiger partial charge in [0.2, 0.25) is 11.9 Å². The van der Waals surface area contributed by atoms with Crippen LogP contribution in [0.15, 0.2) is 40.8 Å². The fourth-order valence-electron chi connectivity index (χ4n) is 2.03.